The Morgan fingerprint density at radius 2 is 1.22 bits per heavy atom. The van der Waals surface area contributed by atoms with Crippen LogP contribution in [0, 0.1) is 0 Å². The molecule has 0 saturated carbocycles. The van der Waals surface area contributed by atoms with Gasteiger partial charge in [-0.25, -0.2) is 0 Å². The normalized spacial score (nSPS) is 11.4. The summed E-state index contributed by atoms with van der Waals surface area (Å²) in [6.45, 7) is 1.56. The van der Waals surface area contributed by atoms with Gasteiger partial charge in [0.05, 0.1) is 13.2 Å². The molecule has 3 aromatic rings. The number of likely N-dealkylation sites (N-methyl/N-ethyl adjacent to an activating group) is 1. The van der Waals surface area contributed by atoms with Crippen LogP contribution in [-0.2, 0) is 9.53 Å². The van der Waals surface area contributed by atoms with E-state index in [2.05, 4.69) is 21.3 Å². The van der Waals surface area contributed by atoms with Crippen molar-refractivity contribution in [2.45, 2.75) is 31.7 Å². The standard InChI is InChI=1S/C37H53N11O12/c1-40-26(33(52)42-17-23-60-22-15-39)24-43-32(51)25-12-13-27(48(59)35(25)54)34(53)41-16-7-21-45(37(56)29-9-5-11-31(50)47(29)58)19-3-2-18-44(20-6-14-38)36(55)28-8-4-10-30(49)46(28)57/h4-5,8-13,26,40,57-59H,2-3,6-7,14-24,38-39H2,1H3,(H,41,53)(H,42,52)(H,43,51). The average molecular weight is 844 g/mol. The van der Waals surface area contributed by atoms with E-state index in [1.807, 2.05) is 0 Å². The van der Waals surface area contributed by atoms with Crippen molar-refractivity contribution in [2.24, 2.45) is 11.5 Å². The van der Waals surface area contributed by atoms with Gasteiger partial charge in [0.25, 0.3) is 40.3 Å². The molecule has 0 aliphatic rings. The van der Waals surface area contributed by atoms with Crippen LogP contribution in [-0.4, -0.2) is 154 Å². The van der Waals surface area contributed by atoms with Gasteiger partial charge in [-0.3, -0.25) is 38.4 Å². The van der Waals surface area contributed by atoms with E-state index in [1.165, 1.54) is 41.1 Å². The summed E-state index contributed by atoms with van der Waals surface area (Å²) in [6.07, 6.45) is 1.23. The molecular formula is C37H53N11O12. The minimum atomic E-state index is -1.20. The molecule has 3 heterocycles. The number of hydrogen-bond donors (Lipinski definition) is 9. The fraction of sp³-hybridized carbons (Fsp3) is 0.459. The molecule has 0 aromatic carbocycles. The maximum atomic E-state index is 13.5. The van der Waals surface area contributed by atoms with E-state index in [-0.39, 0.29) is 91.0 Å². The minimum Gasteiger partial charge on any atom is -0.425 e. The first kappa shape index (κ1) is 47.8. The fourth-order valence-electron chi connectivity index (χ4n) is 5.73. The van der Waals surface area contributed by atoms with Crippen LogP contribution < -0.4 is 49.4 Å². The number of carbonyl (C=O) groups is 5. The van der Waals surface area contributed by atoms with Gasteiger partial charge in [-0.05, 0) is 63.5 Å². The van der Waals surface area contributed by atoms with E-state index in [9.17, 15) is 54.0 Å². The van der Waals surface area contributed by atoms with Crippen molar-refractivity contribution in [3.05, 3.63) is 102 Å². The lowest BCUT2D eigenvalue weighted by Gasteiger charge is -2.25. The molecule has 1 atom stereocenters. The highest BCUT2D eigenvalue weighted by Gasteiger charge is 2.24. The Balaban J connectivity index is 1.62. The van der Waals surface area contributed by atoms with Crippen molar-refractivity contribution in [1.29, 1.82) is 0 Å². The molecule has 1 unspecified atom stereocenters. The summed E-state index contributed by atoms with van der Waals surface area (Å²) >= 11 is 0. The second kappa shape index (κ2) is 24.4. The van der Waals surface area contributed by atoms with Gasteiger partial charge in [-0.15, -0.1) is 14.2 Å². The summed E-state index contributed by atoms with van der Waals surface area (Å²) in [5.41, 5.74) is 6.63. The Hall–Kier alpha value is -6.56. The fourth-order valence-corrected chi connectivity index (χ4v) is 5.73. The van der Waals surface area contributed by atoms with Crippen molar-refractivity contribution in [3.63, 3.8) is 0 Å². The van der Waals surface area contributed by atoms with Gasteiger partial charge in [0.15, 0.2) is 0 Å². The third-order valence-corrected chi connectivity index (χ3v) is 8.98. The number of nitrogens with zero attached hydrogens (tertiary/aromatic N) is 5. The van der Waals surface area contributed by atoms with Gasteiger partial charge >= 0.3 is 0 Å². The molecule has 23 heteroatoms. The lowest BCUT2D eigenvalue weighted by molar-refractivity contribution is -0.123. The third kappa shape index (κ3) is 13.5. The highest BCUT2D eigenvalue weighted by molar-refractivity contribution is 5.97. The number of rotatable bonds is 25. The maximum absolute atomic E-state index is 13.5. The molecule has 3 aromatic heterocycles. The second-order valence-electron chi connectivity index (χ2n) is 13.2. The zero-order valence-electron chi connectivity index (χ0n) is 33.2. The molecule has 0 bridgehead atoms. The van der Waals surface area contributed by atoms with Crippen LogP contribution in [0.5, 0.6) is 0 Å². The number of pyridine rings is 3. The lowest BCUT2D eigenvalue weighted by atomic mass is 10.2. The molecular weight excluding hydrogens is 790 g/mol. The van der Waals surface area contributed by atoms with E-state index < -0.39 is 63.5 Å². The first-order valence-corrected chi connectivity index (χ1v) is 19.1. The van der Waals surface area contributed by atoms with Crippen LogP contribution in [0.25, 0.3) is 0 Å². The molecule has 0 spiro atoms. The number of aromatic nitrogens is 3. The summed E-state index contributed by atoms with van der Waals surface area (Å²) in [6, 6.07) is 8.60. The molecule has 11 N–H and O–H groups in total. The smallest absolute Gasteiger partial charge is 0.296 e. The molecule has 328 valence electrons. The highest BCUT2D eigenvalue weighted by Crippen LogP contribution is 2.09. The maximum Gasteiger partial charge on any atom is 0.296 e. The molecule has 0 aliphatic heterocycles. The van der Waals surface area contributed by atoms with E-state index in [0.717, 1.165) is 24.3 Å². The van der Waals surface area contributed by atoms with E-state index in [4.69, 9.17) is 16.2 Å². The molecule has 0 radical (unpaired) electrons. The molecule has 0 saturated heterocycles. The summed E-state index contributed by atoms with van der Waals surface area (Å²) in [5.74, 6) is -3.55. The number of nitrogens with one attached hydrogen (secondary N) is 4. The van der Waals surface area contributed by atoms with Gasteiger partial charge < -0.3 is 62.9 Å². The van der Waals surface area contributed by atoms with Crippen molar-refractivity contribution in [1.82, 2.24) is 45.3 Å². The van der Waals surface area contributed by atoms with Gasteiger partial charge in [-0.2, -0.15) is 0 Å². The molecule has 0 aliphatic carbocycles. The molecule has 23 nitrogen and oxygen atoms in total. The Bertz CT molecular complexity index is 2120. The second-order valence-corrected chi connectivity index (χ2v) is 13.2. The van der Waals surface area contributed by atoms with Crippen LogP contribution in [0.2, 0.25) is 0 Å². The van der Waals surface area contributed by atoms with Crippen LogP contribution in [0.1, 0.15) is 67.5 Å². The average Bonchev–Trinajstić information content (AvgIpc) is 3.23. The van der Waals surface area contributed by atoms with Crippen molar-refractivity contribution in [2.75, 3.05) is 79.2 Å². The van der Waals surface area contributed by atoms with Crippen molar-refractivity contribution >= 4 is 29.5 Å². The topological polar surface area (TPSA) is 328 Å². The monoisotopic (exact) mass is 843 g/mol. The largest absolute Gasteiger partial charge is 0.425 e. The zero-order chi connectivity index (χ0) is 44.2. The quantitative estimate of drug-likeness (QED) is 0.0300. The van der Waals surface area contributed by atoms with Crippen molar-refractivity contribution < 1.29 is 44.3 Å². The number of amides is 5. The van der Waals surface area contributed by atoms with Gasteiger partial charge in [0.1, 0.15) is 28.7 Å². The van der Waals surface area contributed by atoms with Gasteiger partial charge in [0, 0.05) is 64.5 Å². The molecule has 3 rings (SSSR count). The van der Waals surface area contributed by atoms with Gasteiger partial charge in [-0.1, -0.05) is 12.1 Å². The number of hydrogen-bond acceptors (Lipinski definition) is 15. The Morgan fingerprint density at radius 1 is 0.650 bits per heavy atom. The first-order chi connectivity index (χ1) is 28.8. The first-order valence-electron chi connectivity index (χ1n) is 19.1. The minimum absolute atomic E-state index is 0.00242. The van der Waals surface area contributed by atoms with Crippen LogP contribution in [0.15, 0.2) is 62.9 Å². The predicted molar refractivity (Wildman–Crippen MR) is 213 cm³/mol. The Labute approximate surface area is 343 Å². The molecule has 60 heavy (non-hydrogen) atoms. The highest BCUT2D eigenvalue weighted by atomic mass is 16.5. The van der Waals surface area contributed by atoms with Crippen LogP contribution in [0.3, 0.4) is 0 Å². The van der Waals surface area contributed by atoms with E-state index >= 15 is 0 Å². The number of nitrogens with two attached hydrogens (primary N) is 2. The summed E-state index contributed by atoms with van der Waals surface area (Å²) in [5, 5.41) is 41.2. The number of carbonyl (C=O) groups excluding carboxylic acids is 5. The summed E-state index contributed by atoms with van der Waals surface area (Å²) in [7, 11) is 1.50. The van der Waals surface area contributed by atoms with Crippen LogP contribution >= 0.6 is 0 Å². The van der Waals surface area contributed by atoms with Gasteiger partial charge in [0.2, 0.25) is 5.91 Å². The summed E-state index contributed by atoms with van der Waals surface area (Å²) in [4.78, 5) is 104. The Morgan fingerprint density at radius 3 is 1.77 bits per heavy atom. The zero-order valence-corrected chi connectivity index (χ0v) is 33.2. The molecule has 5 amide bonds. The SMILES string of the molecule is CNC(CNC(=O)c1ccc(C(=O)NCCCN(CCCCN(CCCN)C(=O)c2cccc(=O)n2O)C(=O)c2cccc(=O)n2O)n(O)c1=O)C(=O)NCCOCCN. The van der Waals surface area contributed by atoms with Crippen LogP contribution in [0.4, 0.5) is 0 Å². The third-order valence-electron chi connectivity index (χ3n) is 8.98. The Kier molecular flexibility index (Phi) is 19.4. The molecule has 0 fully saturated rings. The van der Waals surface area contributed by atoms with E-state index in [1.54, 1.807) is 0 Å². The van der Waals surface area contributed by atoms with E-state index in [0.29, 0.717) is 32.4 Å². The number of unbranched alkanes of at least 4 members (excludes halogenated alkanes) is 1. The summed E-state index contributed by atoms with van der Waals surface area (Å²) < 4.78 is 5.68. The predicted octanol–water partition coefficient (Wildman–Crippen LogP) is -3.17. The van der Waals surface area contributed by atoms with Crippen molar-refractivity contribution in [3.8, 4) is 0 Å². The lowest BCUT2D eigenvalue weighted by Crippen LogP contribution is -2.50. The number of ether oxygens (including phenoxy) is 1.